The van der Waals surface area contributed by atoms with Crippen LogP contribution in [0, 0.1) is 9.81 Å². The average Bonchev–Trinajstić information content (AvgIpc) is 2.71. The van der Waals surface area contributed by atoms with Crippen LogP contribution < -0.4 is 5.32 Å². The number of ether oxygens (including phenoxy) is 1. The van der Waals surface area contributed by atoms with Crippen LogP contribution in [0.1, 0.15) is 24.3 Å². The molecule has 0 bridgehead atoms. The van der Waals surface area contributed by atoms with Crippen molar-refractivity contribution in [3.63, 3.8) is 0 Å². The second-order valence-electron chi connectivity index (χ2n) is 4.00. The standard InChI is InChI=1S/C13H13IN2O2S/c1-8-11(12(14)19-16-8)15-13(17)18-9(2)10-6-4-3-5-7-10/h3-7,9H,1-2H3,(H,15,17)/t9-/m0/s1. The minimum atomic E-state index is -0.461. The van der Waals surface area contributed by atoms with Crippen LogP contribution in [-0.2, 0) is 4.74 Å². The maximum Gasteiger partial charge on any atom is 0.412 e. The van der Waals surface area contributed by atoms with E-state index >= 15 is 0 Å². The molecule has 0 aliphatic rings. The third kappa shape index (κ3) is 3.66. The lowest BCUT2D eigenvalue weighted by Gasteiger charge is -2.14. The van der Waals surface area contributed by atoms with E-state index < -0.39 is 6.09 Å². The Balaban J connectivity index is 1.99. The number of hydrogen-bond acceptors (Lipinski definition) is 4. The molecular formula is C13H13IN2O2S. The summed E-state index contributed by atoms with van der Waals surface area (Å²) in [6, 6.07) is 9.63. The largest absolute Gasteiger partial charge is 0.441 e. The zero-order valence-electron chi connectivity index (χ0n) is 10.5. The number of aromatic nitrogens is 1. The molecule has 4 nitrogen and oxygen atoms in total. The van der Waals surface area contributed by atoms with Gasteiger partial charge in [0, 0.05) is 0 Å². The molecule has 1 aromatic heterocycles. The monoisotopic (exact) mass is 388 g/mol. The van der Waals surface area contributed by atoms with E-state index in [1.807, 2.05) is 44.2 Å². The summed E-state index contributed by atoms with van der Waals surface area (Å²) in [6.45, 7) is 3.70. The van der Waals surface area contributed by atoms with Gasteiger partial charge in [0.25, 0.3) is 0 Å². The van der Waals surface area contributed by atoms with Crippen LogP contribution in [0.3, 0.4) is 0 Å². The molecule has 0 aliphatic carbocycles. The molecule has 1 heterocycles. The zero-order chi connectivity index (χ0) is 13.8. The molecule has 19 heavy (non-hydrogen) atoms. The van der Waals surface area contributed by atoms with E-state index in [1.165, 1.54) is 11.5 Å². The van der Waals surface area contributed by atoms with Crippen molar-refractivity contribution < 1.29 is 9.53 Å². The summed E-state index contributed by atoms with van der Waals surface area (Å²) in [7, 11) is 0. The highest BCUT2D eigenvalue weighted by Crippen LogP contribution is 2.26. The molecule has 6 heteroatoms. The normalized spacial score (nSPS) is 11.9. The summed E-state index contributed by atoms with van der Waals surface area (Å²) in [5, 5.41) is 2.74. The highest BCUT2D eigenvalue weighted by Gasteiger charge is 2.15. The van der Waals surface area contributed by atoms with Gasteiger partial charge in [-0.25, -0.2) is 4.79 Å². The Morgan fingerprint density at radius 3 is 2.68 bits per heavy atom. The smallest absolute Gasteiger partial charge is 0.412 e. The van der Waals surface area contributed by atoms with Gasteiger partial charge in [0.15, 0.2) is 0 Å². The van der Waals surface area contributed by atoms with Crippen molar-refractivity contribution in [3.05, 3.63) is 44.5 Å². The van der Waals surface area contributed by atoms with E-state index in [2.05, 4.69) is 32.3 Å². The lowest BCUT2D eigenvalue weighted by Crippen LogP contribution is -2.16. The van der Waals surface area contributed by atoms with Gasteiger partial charge in [0.05, 0.1) is 11.4 Å². The fourth-order valence-electron chi connectivity index (χ4n) is 1.57. The molecule has 1 N–H and O–H groups in total. The first-order valence-electron chi connectivity index (χ1n) is 5.72. The minimum absolute atomic E-state index is 0.286. The van der Waals surface area contributed by atoms with Crippen LogP contribution in [0.2, 0.25) is 0 Å². The summed E-state index contributed by atoms with van der Waals surface area (Å²) in [6.07, 6.45) is -0.747. The number of benzene rings is 1. The van der Waals surface area contributed by atoms with Crippen molar-refractivity contribution in [1.82, 2.24) is 4.37 Å². The number of halogens is 1. The summed E-state index contributed by atoms with van der Waals surface area (Å²) < 4.78 is 10.5. The number of anilines is 1. The van der Waals surface area contributed by atoms with E-state index in [-0.39, 0.29) is 6.10 Å². The van der Waals surface area contributed by atoms with E-state index in [4.69, 9.17) is 4.74 Å². The summed E-state index contributed by atoms with van der Waals surface area (Å²) in [5.74, 6) is 0. The highest BCUT2D eigenvalue weighted by molar-refractivity contribution is 14.1. The number of carbonyl (C=O) groups excluding carboxylic acids is 1. The zero-order valence-corrected chi connectivity index (χ0v) is 13.5. The second kappa shape index (κ2) is 6.33. The molecule has 1 atom stereocenters. The average molecular weight is 388 g/mol. The van der Waals surface area contributed by atoms with Crippen LogP contribution in [0.15, 0.2) is 30.3 Å². The molecule has 0 fully saturated rings. The quantitative estimate of drug-likeness (QED) is 0.795. The number of aryl methyl sites for hydroxylation is 1. The van der Waals surface area contributed by atoms with E-state index in [1.54, 1.807) is 0 Å². The third-order valence-electron chi connectivity index (χ3n) is 2.60. The first-order chi connectivity index (χ1) is 9.08. The van der Waals surface area contributed by atoms with Crippen LogP contribution in [0.5, 0.6) is 0 Å². The number of rotatable bonds is 3. The van der Waals surface area contributed by atoms with Crippen molar-refractivity contribution in [1.29, 1.82) is 0 Å². The predicted molar refractivity (Wildman–Crippen MR) is 84.5 cm³/mol. The van der Waals surface area contributed by atoms with Crippen LogP contribution >= 0.6 is 34.1 Å². The van der Waals surface area contributed by atoms with E-state index in [0.29, 0.717) is 0 Å². The Morgan fingerprint density at radius 1 is 1.42 bits per heavy atom. The number of nitrogens with zero attached hydrogens (tertiary/aromatic N) is 1. The Labute approximate surface area is 129 Å². The third-order valence-corrected chi connectivity index (χ3v) is 4.46. The van der Waals surface area contributed by atoms with Crippen molar-refractivity contribution in [3.8, 4) is 0 Å². The molecule has 0 saturated heterocycles. The molecule has 2 aromatic rings. The SMILES string of the molecule is Cc1nsc(I)c1NC(=O)O[C@@H](C)c1ccccc1. The van der Waals surface area contributed by atoms with Crippen LogP contribution in [0.4, 0.5) is 10.5 Å². The summed E-state index contributed by atoms with van der Waals surface area (Å²) in [5.41, 5.74) is 2.50. The topological polar surface area (TPSA) is 51.2 Å². The molecule has 0 radical (unpaired) electrons. The Hall–Kier alpha value is -1.15. The Morgan fingerprint density at radius 2 is 2.11 bits per heavy atom. The number of hydrogen-bond donors (Lipinski definition) is 1. The molecule has 0 unspecified atom stereocenters. The van der Waals surface area contributed by atoms with Gasteiger partial charge in [-0.15, -0.1) is 0 Å². The first kappa shape index (κ1) is 14.3. The fourth-order valence-corrected chi connectivity index (χ4v) is 2.98. The van der Waals surface area contributed by atoms with E-state index in [9.17, 15) is 4.79 Å². The van der Waals surface area contributed by atoms with Gasteiger partial charge in [0.1, 0.15) is 8.99 Å². The maximum atomic E-state index is 11.8. The maximum absolute atomic E-state index is 11.8. The van der Waals surface area contributed by atoms with Gasteiger partial charge in [-0.3, -0.25) is 5.32 Å². The Kier molecular flexibility index (Phi) is 4.76. The molecule has 1 amide bonds. The first-order valence-corrected chi connectivity index (χ1v) is 7.57. The molecule has 0 spiro atoms. The molecule has 1 aromatic carbocycles. The number of carbonyl (C=O) groups is 1. The highest BCUT2D eigenvalue weighted by atomic mass is 127. The molecule has 0 aliphatic heterocycles. The minimum Gasteiger partial charge on any atom is -0.441 e. The van der Waals surface area contributed by atoms with Gasteiger partial charge in [-0.2, -0.15) is 4.37 Å². The lowest BCUT2D eigenvalue weighted by molar-refractivity contribution is 0.121. The van der Waals surface area contributed by atoms with Crippen molar-refractivity contribution >= 4 is 45.9 Å². The predicted octanol–water partition coefficient (Wildman–Crippen LogP) is 4.37. The number of nitrogens with one attached hydrogen (secondary N) is 1. The summed E-state index contributed by atoms with van der Waals surface area (Å²) >= 11 is 3.50. The second-order valence-corrected chi connectivity index (χ2v) is 6.58. The van der Waals surface area contributed by atoms with Crippen LogP contribution in [-0.4, -0.2) is 10.5 Å². The number of amides is 1. The van der Waals surface area contributed by atoms with Crippen molar-refractivity contribution in [2.75, 3.05) is 5.32 Å². The molecule has 2 rings (SSSR count). The van der Waals surface area contributed by atoms with Gasteiger partial charge in [-0.05, 0) is 53.5 Å². The molecular weight excluding hydrogens is 375 g/mol. The van der Waals surface area contributed by atoms with Crippen molar-refractivity contribution in [2.45, 2.75) is 20.0 Å². The summed E-state index contributed by atoms with van der Waals surface area (Å²) in [4.78, 5) is 11.8. The molecule has 0 saturated carbocycles. The van der Waals surface area contributed by atoms with Crippen LogP contribution in [0.25, 0.3) is 0 Å². The lowest BCUT2D eigenvalue weighted by atomic mass is 10.1. The van der Waals surface area contributed by atoms with Gasteiger partial charge >= 0.3 is 6.09 Å². The van der Waals surface area contributed by atoms with Gasteiger partial charge in [-0.1, -0.05) is 30.3 Å². The fraction of sp³-hybridized carbons (Fsp3) is 0.231. The Bertz CT molecular complexity index is 552. The molecule has 100 valence electrons. The van der Waals surface area contributed by atoms with E-state index in [0.717, 1.165) is 19.8 Å². The van der Waals surface area contributed by atoms with Gasteiger partial charge in [0.2, 0.25) is 0 Å². The van der Waals surface area contributed by atoms with Gasteiger partial charge < -0.3 is 4.74 Å². The van der Waals surface area contributed by atoms with Crippen molar-refractivity contribution in [2.24, 2.45) is 0 Å².